The van der Waals surface area contributed by atoms with Gasteiger partial charge in [-0.05, 0) is 51.1 Å². The van der Waals surface area contributed by atoms with E-state index in [4.69, 9.17) is 4.99 Å². The van der Waals surface area contributed by atoms with Crippen LogP contribution in [0.1, 0.15) is 45.4 Å². The second-order valence-electron chi connectivity index (χ2n) is 7.31. The van der Waals surface area contributed by atoms with Gasteiger partial charge < -0.3 is 10.2 Å². The van der Waals surface area contributed by atoms with Crippen LogP contribution in [0.15, 0.2) is 4.99 Å². The number of aliphatic imine (C=N–C) groups is 1. The lowest BCUT2D eigenvalue weighted by atomic mass is 9.78. The molecule has 0 radical (unpaired) electrons. The molecule has 2 aliphatic heterocycles. The Bertz CT molecular complexity index is 371. The van der Waals surface area contributed by atoms with Crippen LogP contribution in [0, 0.1) is 11.8 Å². The maximum atomic E-state index is 4.90. The summed E-state index contributed by atoms with van der Waals surface area (Å²) in [6, 6.07) is 0. The molecule has 3 fully saturated rings. The van der Waals surface area contributed by atoms with Crippen LogP contribution in [0.25, 0.3) is 0 Å². The van der Waals surface area contributed by atoms with Crippen LogP contribution < -0.4 is 5.32 Å². The Balaban J connectivity index is 1.52. The van der Waals surface area contributed by atoms with Crippen LogP contribution in [0.3, 0.4) is 0 Å². The summed E-state index contributed by atoms with van der Waals surface area (Å²) in [5.74, 6) is 2.88. The SMILES string of the molecule is CC1CCCC2(CSC(=NCC3CCCN(C)C3)N2)C1. The highest BCUT2D eigenvalue weighted by molar-refractivity contribution is 8.14. The van der Waals surface area contributed by atoms with Crippen molar-refractivity contribution in [3.63, 3.8) is 0 Å². The van der Waals surface area contributed by atoms with Gasteiger partial charge in [0.15, 0.2) is 5.17 Å². The highest BCUT2D eigenvalue weighted by Crippen LogP contribution is 2.38. The van der Waals surface area contributed by atoms with E-state index in [1.807, 2.05) is 11.8 Å². The maximum Gasteiger partial charge on any atom is 0.157 e. The minimum atomic E-state index is 0.379. The Morgan fingerprint density at radius 3 is 3.10 bits per heavy atom. The first-order chi connectivity index (χ1) is 9.65. The summed E-state index contributed by atoms with van der Waals surface area (Å²) < 4.78 is 0. The molecule has 3 rings (SSSR count). The van der Waals surface area contributed by atoms with Crippen molar-refractivity contribution in [3.05, 3.63) is 0 Å². The fourth-order valence-corrected chi connectivity index (χ4v) is 5.33. The number of amidine groups is 1. The first kappa shape index (κ1) is 14.7. The molecule has 2 saturated heterocycles. The summed E-state index contributed by atoms with van der Waals surface area (Å²) in [4.78, 5) is 7.35. The van der Waals surface area contributed by atoms with E-state index >= 15 is 0 Å². The molecule has 3 unspecified atom stereocenters. The smallest absolute Gasteiger partial charge is 0.157 e. The van der Waals surface area contributed by atoms with Crippen molar-refractivity contribution in [1.82, 2.24) is 10.2 Å². The van der Waals surface area contributed by atoms with Crippen LogP contribution in [-0.4, -0.2) is 48.0 Å². The van der Waals surface area contributed by atoms with E-state index in [0.29, 0.717) is 5.54 Å². The van der Waals surface area contributed by atoms with Crippen LogP contribution in [0.4, 0.5) is 0 Å². The highest BCUT2D eigenvalue weighted by atomic mass is 32.2. The molecule has 2 heterocycles. The predicted octanol–water partition coefficient (Wildman–Crippen LogP) is 2.97. The van der Waals surface area contributed by atoms with Crippen molar-refractivity contribution in [2.75, 3.05) is 32.4 Å². The number of likely N-dealkylation sites (tertiary alicyclic amines) is 1. The molecule has 0 aromatic heterocycles. The summed E-state index contributed by atoms with van der Waals surface area (Å²) in [6.45, 7) is 5.91. The van der Waals surface area contributed by atoms with Gasteiger partial charge in [-0.15, -0.1) is 0 Å². The molecular weight excluding hydrogens is 266 g/mol. The average Bonchev–Trinajstić information content (AvgIpc) is 2.79. The zero-order valence-corrected chi connectivity index (χ0v) is 13.8. The quantitative estimate of drug-likeness (QED) is 0.849. The Kier molecular flexibility index (Phi) is 4.61. The van der Waals surface area contributed by atoms with Crippen LogP contribution >= 0.6 is 11.8 Å². The lowest BCUT2D eigenvalue weighted by Crippen LogP contribution is -2.47. The molecule has 20 heavy (non-hydrogen) atoms. The van der Waals surface area contributed by atoms with Crippen molar-refractivity contribution in [2.45, 2.75) is 51.0 Å². The van der Waals surface area contributed by atoms with Gasteiger partial charge in [-0.25, -0.2) is 0 Å². The van der Waals surface area contributed by atoms with E-state index in [9.17, 15) is 0 Å². The van der Waals surface area contributed by atoms with Gasteiger partial charge in [0.25, 0.3) is 0 Å². The van der Waals surface area contributed by atoms with Gasteiger partial charge in [-0.2, -0.15) is 0 Å². The molecular formula is C16H29N3S. The van der Waals surface area contributed by atoms with Gasteiger partial charge in [0, 0.05) is 24.4 Å². The van der Waals surface area contributed by atoms with E-state index in [2.05, 4.69) is 24.2 Å². The molecule has 3 atom stereocenters. The molecule has 0 aromatic carbocycles. The van der Waals surface area contributed by atoms with Gasteiger partial charge in [0.1, 0.15) is 0 Å². The van der Waals surface area contributed by atoms with Crippen molar-refractivity contribution in [3.8, 4) is 0 Å². The van der Waals surface area contributed by atoms with Crippen molar-refractivity contribution >= 4 is 16.9 Å². The van der Waals surface area contributed by atoms with Crippen LogP contribution in [-0.2, 0) is 0 Å². The lowest BCUT2D eigenvalue weighted by Gasteiger charge is -2.36. The zero-order chi connectivity index (χ0) is 14.0. The molecule has 1 saturated carbocycles. The largest absolute Gasteiger partial charge is 0.359 e. The third-order valence-electron chi connectivity index (χ3n) is 5.16. The molecule has 3 aliphatic rings. The lowest BCUT2D eigenvalue weighted by molar-refractivity contribution is 0.214. The summed E-state index contributed by atoms with van der Waals surface area (Å²) in [5, 5.41) is 5.02. The maximum absolute atomic E-state index is 4.90. The third kappa shape index (κ3) is 3.51. The van der Waals surface area contributed by atoms with Gasteiger partial charge >= 0.3 is 0 Å². The number of nitrogens with zero attached hydrogens (tertiary/aromatic N) is 2. The van der Waals surface area contributed by atoms with E-state index < -0.39 is 0 Å². The summed E-state index contributed by atoms with van der Waals surface area (Å²) in [6.07, 6.45) is 8.17. The van der Waals surface area contributed by atoms with Gasteiger partial charge in [0.05, 0.1) is 0 Å². The Morgan fingerprint density at radius 1 is 1.40 bits per heavy atom. The molecule has 114 valence electrons. The minimum absolute atomic E-state index is 0.379. The van der Waals surface area contributed by atoms with Crippen LogP contribution in [0.2, 0.25) is 0 Å². The second kappa shape index (κ2) is 6.27. The van der Waals surface area contributed by atoms with E-state index in [1.54, 1.807) is 0 Å². The van der Waals surface area contributed by atoms with Crippen molar-refractivity contribution in [1.29, 1.82) is 0 Å². The first-order valence-electron chi connectivity index (χ1n) is 8.29. The van der Waals surface area contributed by atoms with E-state index in [1.165, 1.54) is 62.5 Å². The zero-order valence-electron chi connectivity index (χ0n) is 13.0. The van der Waals surface area contributed by atoms with Gasteiger partial charge in [-0.3, -0.25) is 4.99 Å². The predicted molar refractivity (Wildman–Crippen MR) is 88.5 cm³/mol. The fraction of sp³-hybridized carbons (Fsp3) is 0.938. The van der Waals surface area contributed by atoms with Crippen molar-refractivity contribution in [2.24, 2.45) is 16.8 Å². The number of hydrogen-bond acceptors (Lipinski definition) is 3. The summed E-state index contributed by atoms with van der Waals surface area (Å²) in [7, 11) is 2.24. The second-order valence-corrected chi connectivity index (χ2v) is 8.28. The van der Waals surface area contributed by atoms with Crippen LogP contribution in [0.5, 0.6) is 0 Å². The highest BCUT2D eigenvalue weighted by Gasteiger charge is 2.40. The molecule has 0 aromatic rings. The monoisotopic (exact) mass is 295 g/mol. The first-order valence-corrected chi connectivity index (χ1v) is 9.28. The normalized spacial score (nSPS) is 41.2. The minimum Gasteiger partial charge on any atom is -0.359 e. The average molecular weight is 295 g/mol. The van der Waals surface area contributed by atoms with E-state index in [0.717, 1.165) is 18.4 Å². The van der Waals surface area contributed by atoms with Gasteiger partial charge in [0.2, 0.25) is 0 Å². The Hall–Kier alpha value is -0.220. The Labute approximate surface area is 128 Å². The molecule has 0 amide bonds. The number of nitrogens with one attached hydrogen (secondary N) is 1. The fourth-order valence-electron chi connectivity index (χ4n) is 4.13. The number of thioether (sulfide) groups is 1. The van der Waals surface area contributed by atoms with E-state index in [-0.39, 0.29) is 0 Å². The molecule has 1 spiro atoms. The summed E-state index contributed by atoms with van der Waals surface area (Å²) in [5.41, 5.74) is 0.379. The van der Waals surface area contributed by atoms with Crippen molar-refractivity contribution < 1.29 is 0 Å². The molecule has 3 nitrogen and oxygen atoms in total. The number of piperidine rings is 1. The summed E-state index contributed by atoms with van der Waals surface area (Å²) >= 11 is 1.96. The molecule has 4 heteroatoms. The number of rotatable bonds is 2. The standard InChI is InChI=1S/C16H29N3S/c1-13-5-3-7-16(9-13)12-20-15(18-16)17-10-14-6-4-8-19(2)11-14/h13-14H,3-12H2,1-2H3,(H,17,18). The third-order valence-corrected chi connectivity index (χ3v) is 6.37. The molecule has 1 aliphatic carbocycles. The molecule has 0 bridgehead atoms. The van der Waals surface area contributed by atoms with Gasteiger partial charge in [-0.1, -0.05) is 31.5 Å². The Morgan fingerprint density at radius 2 is 2.30 bits per heavy atom. The molecule has 1 N–H and O–H groups in total. The topological polar surface area (TPSA) is 27.6 Å². The number of hydrogen-bond donors (Lipinski definition) is 1.